The number of halogens is 1. The van der Waals surface area contributed by atoms with Crippen LogP contribution in [0.1, 0.15) is 15.9 Å². The molecule has 0 unspecified atom stereocenters. The molecule has 0 saturated heterocycles. The summed E-state index contributed by atoms with van der Waals surface area (Å²) in [6, 6.07) is 10.6. The van der Waals surface area contributed by atoms with Crippen LogP contribution < -0.4 is 14.8 Å². The van der Waals surface area contributed by atoms with Crippen LogP contribution in [0.2, 0.25) is 5.02 Å². The van der Waals surface area contributed by atoms with Crippen LogP contribution in [-0.2, 0) is 0 Å². The molecule has 0 fully saturated rings. The first-order chi connectivity index (χ1) is 12.5. The van der Waals surface area contributed by atoms with E-state index in [0.29, 0.717) is 39.1 Å². The van der Waals surface area contributed by atoms with Crippen LogP contribution in [-0.4, -0.2) is 25.3 Å². The van der Waals surface area contributed by atoms with Gasteiger partial charge in [-0.25, -0.2) is 0 Å². The molecule has 1 N–H and O–H groups in total. The van der Waals surface area contributed by atoms with Crippen LogP contribution in [0.5, 0.6) is 11.5 Å². The number of ether oxygens (including phenoxy) is 2. The Morgan fingerprint density at radius 2 is 1.88 bits per heavy atom. The fourth-order valence-electron chi connectivity index (χ4n) is 2.47. The molecule has 3 rings (SSSR count). The molecular weight excluding hydrogens is 356 g/mol. The maximum Gasteiger partial charge on any atom is 0.261 e. The second-order valence-electron chi connectivity index (χ2n) is 5.55. The van der Waals surface area contributed by atoms with Crippen LogP contribution in [0, 0.1) is 6.92 Å². The molecule has 1 aromatic heterocycles. The van der Waals surface area contributed by atoms with Crippen molar-refractivity contribution in [1.29, 1.82) is 0 Å². The van der Waals surface area contributed by atoms with E-state index in [0.717, 1.165) is 5.56 Å². The highest BCUT2D eigenvalue weighted by Crippen LogP contribution is 2.32. The number of rotatable bonds is 5. The summed E-state index contributed by atoms with van der Waals surface area (Å²) < 4.78 is 15.7. The lowest BCUT2D eigenvalue weighted by molar-refractivity contribution is 0.102. The molecule has 0 aliphatic heterocycles. The Labute approximate surface area is 155 Å². The molecule has 2 aromatic carbocycles. The van der Waals surface area contributed by atoms with E-state index in [4.69, 9.17) is 25.6 Å². The van der Waals surface area contributed by atoms with E-state index in [1.165, 1.54) is 13.3 Å². The average Bonchev–Trinajstić information content (AvgIpc) is 3.14. The van der Waals surface area contributed by atoms with Crippen molar-refractivity contribution >= 4 is 23.2 Å². The summed E-state index contributed by atoms with van der Waals surface area (Å²) in [4.78, 5) is 12.7. The Bertz CT molecular complexity index is 935. The summed E-state index contributed by atoms with van der Waals surface area (Å²) in [7, 11) is 3.10. The fraction of sp³-hybridized carbons (Fsp3) is 0.158. The molecule has 0 bridgehead atoms. The highest BCUT2D eigenvalue weighted by Gasteiger charge is 2.20. The van der Waals surface area contributed by atoms with Gasteiger partial charge in [0.1, 0.15) is 17.1 Å². The van der Waals surface area contributed by atoms with Crippen LogP contribution in [0.4, 0.5) is 5.69 Å². The number of nitrogens with one attached hydrogen (secondary N) is 1. The van der Waals surface area contributed by atoms with Gasteiger partial charge in [-0.3, -0.25) is 4.79 Å². The van der Waals surface area contributed by atoms with Gasteiger partial charge in [0.15, 0.2) is 5.76 Å². The van der Waals surface area contributed by atoms with Gasteiger partial charge in [-0.2, -0.15) is 0 Å². The molecule has 0 radical (unpaired) electrons. The zero-order valence-corrected chi connectivity index (χ0v) is 15.3. The normalized spacial score (nSPS) is 10.5. The molecule has 134 valence electrons. The Kier molecular flexibility index (Phi) is 5.14. The summed E-state index contributed by atoms with van der Waals surface area (Å²) in [5.41, 5.74) is 2.36. The first kappa shape index (κ1) is 17.8. The minimum atomic E-state index is -0.364. The van der Waals surface area contributed by atoms with Crippen molar-refractivity contribution in [2.45, 2.75) is 6.92 Å². The number of benzene rings is 2. The molecule has 0 saturated carbocycles. The minimum absolute atomic E-state index is 0.310. The van der Waals surface area contributed by atoms with Crippen LogP contribution in [0.3, 0.4) is 0 Å². The highest BCUT2D eigenvalue weighted by molar-refractivity contribution is 6.31. The van der Waals surface area contributed by atoms with Crippen molar-refractivity contribution in [3.05, 3.63) is 58.7 Å². The molecule has 7 heteroatoms. The molecular formula is C19H17ClN2O4. The summed E-state index contributed by atoms with van der Waals surface area (Å²) in [6.45, 7) is 1.85. The predicted octanol–water partition coefficient (Wildman–Crippen LogP) is 4.57. The van der Waals surface area contributed by atoms with E-state index in [9.17, 15) is 4.79 Å². The number of hydrogen-bond acceptors (Lipinski definition) is 5. The van der Waals surface area contributed by atoms with E-state index in [2.05, 4.69) is 10.5 Å². The number of amides is 1. The molecule has 0 spiro atoms. The maximum absolute atomic E-state index is 12.7. The van der Waals surface area contributed by atoms with Gasteiger partial charge in [-0.1, -0.05) is 16.8 Å². The van der Waals surface area contributed by atoms with Crippen molar-refractivity contribution in [2.24, 2.45) is 0 Å². The van der Waals surface area contributed by atoms with Crippen molar-refractivity contribution < 1.29 is 18.8 Å². The molecule has 6 nitrogen and oxygen atoms in total. The van der Waals surface area contributed by atoms with Gasteiger partial charge < -0.3 is 19.3 Å². The van der Waals surface area contributed by atoms with E-state index < -0.39 is 0 Å². The number of methoxy groups -OCH3 is 2. The SMILES string of the molecule is COc1ccc(-c2oncc2C(=O)Nc2cc(C)c(Cl)cc2OC)cc1. The quantitative estimate of drug-likeness (QED) is 0.710. The smallest absolute Gasteiger partial charge is 0.261 e. The van der Waals surface area contributed by atoms with E-state index in [1.54, 1.807) is 43.5 Å². The van der Waals surface area contributed by atoms with Gasteiger partial charge in [-0.15, -0.1) is 0 Å². The first-order valence-electron chi connectivity index (χ1n) is 7.78. The number of carbonyl (C=O) groups is 1. The Morgan fingerprint density at radius 1 is 1.15 bits per heavy atom. The minimum Gasteiger partial charge on any atom is -0.497 e. The summed E-state index contributed by atoms with van der Waals surface area (Å²) in [5.74, 6) is 1.18. The molecule has 1 heterocycles. The molecule has 0 atom stereocenters. The Hall–Kier alpha value is -2.99. The monoisotopic (exact) mass is 372 g/mol. The second kappa shape index (κ2) is 7.49. The number of aryl methyl sites for hydroxylation is 1. The largest absolute Gasteiger partial charge is 0.497 e. The molecule has 0 aliphatic carbocycles. The lowest BCUT2D eigenvalue weighted by Crippen LogP contribution is -2.13. The molecule has 0 aliphatic rings. The Balaban J connectivity index is 1.90. The lowest BCUT2D eigenvalue weighted by atomic mass is 10.1. The van der Waals surface area contributed by atoms with Gasteiger partial charge in [0.05, 0.1) is 26.1 Å². The predicted molar refractivity (Wildman–Crippen MR) is 99.2 cm³/mol. The summed E-state index contributed by atoms with van der Waals surface area (Å²) in [6.07, 6.45) is 1.38. The molecule has 26 heavy (non-hydrogen) atoms. The number of anilines is 1. The number of hydrogen-bond donors (Lipinski definition) is 1. The third-order valence-corrected chi connectivity index (χ3v) is 4.30. The van der Waals surface area contributed by atoms with Gasteiger partial charge in [0.25, 0.3) is 5.91 Å². The van der Waals surface area contributed by atoms with Crippen molar-refractivity contribution in [2.75, 3.05) is 19.5 Å². The van der Waals surface area contributed by atoms with Crippen molar-refractivity contribution in [1.82, 2.24) is 5.16 Å². The first-order valence-corrected chi connectivity index (χ1v) is 8.16. The zero-order chi connectivity index (χ0) is 18.7. The van der Waals surface area contributed by atoms with E-state index in [-0.39, 0.29) is 5.91 Å². The Morgan fingerprint density at radius 3 is 2.54 bits per heavy atom. The van der Waals surface area contributed by atoms with Gasteiger partial charge in [0.2, 0.25) is 0 Å². The zero-order valence-electron chi connectivity index (χ0n) is 14.5. The molecule has 1 amide bonds. The standard InChI is InChI=1S/C19H17ClN2O4/c1-11-8-16(17(25-3)9-15(11)20)22-19(23)14-10-21-26-18(14)12-4-6-13(24-2)7-5-12/h4-10H,1-3H3,(H,22,23). The maximum atomic E-state index is 12.7. The number of carbonyl (C=O) groups excluding carboxylic acids is 1. The summed E-state index contributed by atoms with van der Waals surface area (Å²) in [5, 5.41) is 7.13. The topological polar surface area (TPSA) is 73.6 Å². The molecule has 3 aromatic rings. The van der Waals surface area contributed by atoms with Gasteiger partial charge in [-0.05, 0) is 42.8 Å². The number of nitrogens with zero attached hydrogens (tertiary/aromatic N) is 1. The van der Waals surface area contributed by atoms with Crippen LogP contribution >= 0.6 is 11.6 Å². The van der Waals surface area contributed by atoms with E-state index in [1.807, 2.05) is 6.92 Å². The van der Waals surface area contributed by atoms with Gasteiger partial charge >= 0.3 is 0 Å². The summed E-state index contributed by atoms with van der Waals surface area (Å²) >= 11 is 6.10. The highest BCUT2D eigenvalue weighted by atomic mass is 35.5. The van der Waals surface area contributed by atoms with Crippen molar-refractivity contribution in [3.63, 3.8) is 0 Å². The van der Waals surface area contributed by atoms with E-state index >= 15 is 0 Å². The second-order valence-corrected chi connectivity index (χ2v) is 5.96. The lowest BCUT2D eigenvalue weighted by Gasteiger charge is -2.12. The third-order valence-electron chi connectivity index (χ3n) is 3.90. The van der Waals surface area contributed by atoms with Crippen LogP contribution in [0.15, 0.2) is 47.1 Å². The van der Waals surface area contributed by atoms with Crippen molar-refractivity contribution in [3.8, 4) is 22.8 Å². The fourth-order valence-corrected chi connectivity index (χ4v) is 2.63. The number of aromatic nitrogens is 1. The van der Waals surface area contributed by atoms with Gasteiger partial charge in [0, 0.05) is 16.7 Å². The third kappa shape index (κ3) is 3.50. The average molecular weight is 373 g/mol. The van der Waals surface area contributed by atoms with Crippen LogP contribution in [0.25, 0.3) is 11.3 Å².